The Morgan fingerprint density at radius 2 is 1.75 bits per heavy atom. The predicted molar refractivity (Wildman–Crippen MR) is 96.0 cm³/mol. The number of aryl methyl sites for hydroxylation is 3. The first-order valence-electron chi connectivity index (χ1n) is 8.37. The second-order valence-corrected chi connectivity index (χ2v) is 9.68. The lowest BCUT2D eigenvalue weighted by Crippen LogP contribution is -2.36. The van der Waals surface area contributed by atoms with Crippen LogP contribution in [0.5, 0.6) is 0 Å². The molecule has 0 radical (unpaired) electrons. The highest BCUT2D eigenvalue weighted by Crippen LogP contribution is 2.41. The van der Waals surface area contributed by atoms with E-state index in [0.29, 0.717) is 16.2 Å². The molecule has 0 amide bonds. The third kappa shape index (κ3) is 3.17. The number of thiophene rings is 1. The summed E-state index contributed by atoms with van der Waals surface area (Å²) in [5.41, 5.74) is 2.35. The van der Waals surface area contributed by atoms with Crippen molar-refractivity contribution in [1.29, 1.82) is 0 Å². The molecule has 1 aliphatic rings. The number of hydrogen-bond donors (Lipinski definition) is 1. The average molecular weight is 369 g/mol. The fourth-order valence-corrected chi connectivity index (χ4v) is 6.55. The molecule has 0 atom stereocenters. The Labute approximate surface area is 147 Å². The number of rotatable bonds is 4. The van der Waals surface area contributed by atoms with Gasteiger partial charge in [0, 0.05) is 21.4 Å². The molecule has 1 aliphatic carbocycles. The second kappa shape index (κ2) is 6.61. The topological polar surface area (TPSA) is 72.2 Å². The smallest absolute Gasteiger partial charge is 0.242 e. The fraction of sp³-hybridized carbons (Fsp3) is 0.588. The van der Waals surface area contributed by atoms with Gasteiger partial charge >= 0.3 is 0 Å². The Bertz CT molecular complexity index is 844. The maximum atomic E-state index is 13.1. The molecule has 1 saturated carbocycles. The SMILES string of the molecule is Cc1noc(-c2c(C)sc(C)c2S(=O)(=O)NC2CCCCC2)c1C. The zero-order chi connectivity index (χ0) is 17.5. The molecule has 1 fully saturated rings. The van der Waals surface area contributed by atoms with Crippen LogP contribution in [0.1, 0.15) is 53.1 Å². The van der Waals surface area contributed by atoms with Crippen LogP contribution >= 0.6 is 11.3 Å². The minimum atomic E-state index is -3.58. The van der Waals surface area contributed by atoms with Gasteiger partial charge in [0.2, 0.25) is 10.0 Å². The zero-order valence-electron chi connectivity index (χ0n) is 14.6. The largest absolute Gasteiger partial charge is 0.356 e. The van der Waals surface area contributed by atoms with Gasteiger partial charge in [-0.3, -0.25) is 0 Å². The van der Waals surface area contributed by atoms with E-state index in [9.17, 15) is 8.42 Å². The van der Waals surface area contributed by atoms with Gasteiger partial charge in [-0.2, -0.15) is 0 Å². The summed E-state index contributed by atoms with van der Waals surface area (Å²) in [5, 5.41) is 4.00. The van der Waals surface area contributed by atoms with Crippen LogP contribution < -0.4 is 4.72 Å². The standard InChI is InChI=1S/C17H24N2O3S2/c1-10-11(2)18-22-16(10)15-12(3)23-13(4)17(15)24(20,21)19-14-8-6-5-7-9-14/h14,19H,5-9H2,1-4H3. The van der Waals surface area contributed by atoms with Crippen molar-refractivity contribution in [1.82, 2.24) is 9.88 Å². The molecular formula is C17H24N2O3S2. The normalized spacial score (nSPS) is 16.7. The van der Waals surface area contributed by atoms with Gasteiger partial charge in [0.15, 0.2) is 5.76 Å². The van der Waals surface area contributed by atoms with E-state index in [1.807, 2.05) is 27.7 Å². The molecule has 0 aliphatic heterocycles. The van der Waals surface area contributed by atoms with Gasteiger partial charge in [0.25, 0.3) is 0 Å². The van der Waals surface area contributed by atoms with E-state index < -0.39 is 10.0 Å². The summed E-state index contributed by atoms with van der Waals surface area (Å²) in [6, 6.07) is 0.0359. The van der Waals surface area contributed by atoms with Gasteiger partial charge in [-0.25, -0.2) is 13.1 Å². The Morgan fingerprint density at radius 3 is 2.33 bits per heavy atom. The predicted octanol–water partition coefficient (Wildman–Crippen LogP) is 4.25. The number of nitrogens with zero attached hydrogens (tertiary/aromatic N) is 1. The molecule has 7 heteroatoms. The van der Waals surface area contributed by atoms with Crippen molar-refractivity contribution in [2.45, 2.75) is 70.7 Å². The summed E-state index contributed by atoms with van der Waals surface area (Å²) >= 11 is 1.49. The molecule has 0 saturated heterocycles. The summed E-state index contributed by atoms with van der Waals surface area (Å²) in [6.45, 7) is 7.57. The Balaban J connectivity index is 2.05. The molecule has 24 heavy (non-hydrogen) atoms. The van der Waals surface area contributed by atoms with Crippen molar-refractivity contribution in [3.8, 4) is 11.3 Å². The maximum Gasteiger partial charge on any atom is 0.242 e. The fourth-order valence-electron chi connectivity index (χ4n) is 3.40. The van der Waals surface area contributed by atoms with Gasteiger partial charge in [-0.15, -0.1) is 11.3 Å². The highest BCUT2D eigenvalue weighted by atomic mass is 32.2. The first-order chi connectivity index (χ1) is 11.3. The number of sulfonamides is 1. The van der Waals surface area contributed by atoms with E-state index in [2.05, 4.69) is 9.88 Å². The highest BCUT2D eigenvalue weighted by molar-refractivity contribution is 7.89. The third-order valence-corrected chi connectivity index (χ3v) is 7.63. The van der Waals surface area contributed by atoms with Crippen LogP contribution in [-0.2, 0) is 10.0 Å². The zero-order valence-corrected chi connectivity index (χ0v) is 16.2. The average Bonchev–Trinajstić information content (AvgIpc) is 2.99. The molecular weight excluding hydrogens is 344 g/mol. The van der Waals surface area contributed by atoms with E-state index in [-0.39, 0.29) is 6.04 Å². The van der Waals surface area contributed by atoms with Crippen molar-refractivity contribution in [3.63, 3.8) is 0 Å². The van der Waals surface area contributed by atoms with Crippen molar-refractivity contribution in [2.24, 2.45) is 0 Å². The molecule has 132 valence electrons. The Morgan fingerprint density at radius 1 is 1.08 bits per heavy atom. The van der Waals surface area contributed by atoms with Crippen LogP contribution in [0.3, 0.4) is 0 Å². The molecule has 0 unspecified atom stereocenters. The molecule has 3 rings (SSSR count). The lowest BCUT2D eigenvalue weighted by molar-refractivity contribution is 0.411. The lowest BCUT2D eigenvalue weighted by Gasteiger charge is -2.23. The van der Waals surface area contributed by atoms with Gasteiger partial charge in [0.1, 0.15) is 4.90 Å². The third-order valence-electron chi connectivity index (χ3n) is 4.79. The van der Waals surface area contributed by atoms with E-state index in [1.54, 1.807) is 0 Å². The molecule has 1 N–H and O–H groups in total. The Hall–Kier alpha value is -1.18. The molecule has 0 spiro atoms. The van der Waals surface area contributed by atoms with Crippen molar-refractivity contribution < 1.29 is 12.9 Å². The van der Waals surface area contributed by atoms with Crippen LogP contribution in [0.25, 0.3) is 11.3 Å². The summed E-state index contributed by atoms with van der Waals surface area (Å²) in [5.74, 6) is 0.568. The van der Waals surface area contributed by atoms with Crippen molar-refractivity contribution >= 4 is 21.4 Å². The summed E-state index contributed by atoms with van der Waals surface area (Å²) in [6.07, 6.45) is 5.19. The van der Waals surface area contributed by atoms with Gasteiger partial charge < -0.3 is 4.52 Å². The molecule has 2 aromatic heterocycles. The first kappa shape index (κ1) is 17.6. The van der Waals surface area contributed by atoms with Gasteiger partial charge in [-0.05, 0) is 40.5 Å². The van der Waals surface area contributed by atoms with Gasteiger partial charge in [0.05, 0.1) is 11.3 Å². The van der Waals surface area contributed by atoms with E-state index in [4.69, 9.17) is 4.52 Å². The van der Waals surface area contributed by atoms with Crippen molar-refractivity contribution in [3.05, 3.63) is 21.0 Å². The summed E-state index contributed by atoms with van der Waals surface area (Å²) in [4.78, 5) is 2.09. The van der Waals surface area contributed by atoms with Crippen molar-refractivity contribution in [2.75, 3.05) is 0 Å². The van der Waals surface area contributed by atoms with Crippen LogP contribution in [0.2, 0.25) is 0 Å². The van der Waals surface area contributed by atoms with E-state index >= 15 is 0 Å². The molecule has 5 nitrogen and oxygen atoms in total. The summed E-state index contributed by atoms with van der Waals surface area (Å²) in [7, 11) is -3.58. The molecule has 0 bridgehead atoms. The Kier molecular flexibility index (Phi) is 4.86. The molecule has 0 aromatic carbocycles. The molecule has 2 aromatic rings. The maximum absolute atomic E-state index is 13.1. The minimum Gasteiger partial charge on any atom is -0.356 e. The number of hydrogen-bond acceptors (Lipinski definition) is 5. The quantitative estimate of drug-likeness (QED) is 0.876. The summed E-state index contributed by atoms with van der Waals surface area (Å²) < 4.78 is 34.5. The first-order valence-corrected chi connectivity index (χ1v) is 10.7. The monoisotopic (exact) mass is 368 g/mol. The highest BCUT2D eigenvalue weighted by Gasteiger charge is 2.31. The number of nitrogens with one attached hydrogen (secondary N) is 1. The lowest BCUT2D eigenvalue weighted by atomic mass is 9.96. The van der Waals surface area contributed by atoms with E-state index in [0.717, 1.165) is 46.7 Å². The van der Waals surface area contributed by atoms with Crippen LogP contribution in [0.4, 0.5) is 0 Å². The van der Waals surface area contributed by atoms with Crippen LogP contribution in [0, 0.1) is 27.7 Å². The van der Waals surface area contributed by atoms with Crippen LogP contribution in [-0.4, -0.2) is 19.6 Å². The number of aromatic nitrogens is 1. The van der Waals surface area contributed by atoms with E-state index in [1.165, 1.54) is 17.8 Å². The minimum absolute atomic E-state index is 0.0359. The second-order valence-electron chi connectivity index (χ2n) is 6.60. The van der Waals surface area contributed by atoms with Gasteiger partial charge in [-0.1, -0.05) is 24.4 Å². The van der Waals surface area contributed by atoms with Crippen LogP contribution in [0.15, 0.2) is 9.42 Å². The molecule has 2 heterocycles.